The van der Waals surface area contributed by atoms with Crippen molar-refractivity contribution in [2.75, 3.05) is 13.2 Å². The molecular formula is C43H73O13P. The number of hydrogen-bond acceptors (Lipinski definition) is 12. The topological polar surface area (TPSA) is 210 Å². The van der Waals surface area contributed by atoms with E-state index in [-0.39, 0.29) is 12.8 Å². The van der Waals surface area contributed by atoms with Gasteiger partial charge in [-0.2, -0.15) is 0 Å². The second kappa shape index (κ2) is 33.4. The average Bonchev–Trinajstić information content (AvgIpc) is 3.19. The number of carbonyl (C=O) groups excluding carboxylic acids is 2. The van der Waals surface area contributed by atoms with Crippen LogP contribution in [-0.2, 0) is 32.7 Å². The van der Waals surface area contributed by atoms with Gasteiger partial charge in [0.15, 0.2) is 6.10 Å². The van der Waals surface area contributed by atoms with Gasteiger partial charge in [0, 0.05) is 12.8 Å². The molecule has 1 fully saturated rings. The van der Waals surface area contributed by atoms with Crippen LogP contribution in [0.3, 0.4) is 0 Å². The molecule has 8 atom stereocenters. The molecule has 328 valence electrons. The van der Waals surface area contributed by atoms with Gasteiger partial charge in [-0.1, -0.05) is 139 Å². The van der Waals surface area contributed by atoms with Gasteiger partial charge in [0.05, 0.1) is 6.61 Å². The number of carbonyl (C=O) groups is 2. The van der Waals surface area contributed by atoms with Gasteiger partial charge in [-0.3, -0.25) is 18.6 Å². The Morgan fingerprint density at radius 3 is 1.51 bits per heavy atom. The first-order valence-electron chi connectivity index (χ1n) is 21.1. The zero-order valence-electron chi connectivity index (χ0n) is 34.4. The van der Waals surface area contributed by atoms with Crippen LogP contribution in [0, 0.1) is 0 Å². The zero-order chi connectivity index (χ0) is 42.2. The van der Waals surface area contributed by atoms with Crippen LogP contribution in [-0.4, -0.2) is 98.3 Å². The Morgan fingerprint density at radius 1 is 0.561 bits per heavy atom. The number of aliphatic hydroxyl groups excluding tert-OH is 5. The molecule has 6 unspecified atom stereocenters. The highest BCUT2D eigenvalue weighted by molar-refractivity contribution is 7.47. The Bertz CT molecular complexity index is 1230. The van der Waals surface area contributed by atoms with Crippen LogP contribution >= 0.6 is 7.82 Å². The van der Waals surface area contributed by atoms with Gasteiger partial charge in [-0.15, -0.1) is 0 Å². The molecular weight excluding hydrogens is 755 g/mol. The van der Waals surface area contributed by atoms with Crippen molar-refractivity contribution >= 4 is 19.8 Å². The molecule has 0 saturated heterocycles. The van der Waals surface area contributed by atoms with Gasteiger partial charge in [0.2, 0.25) is 0 Å². The maximum Gasteiger partial charge on any atom is 0.472 e. The molecule has 1 saturated carbocycles. The second-order valence-corrected chi connectivity index (χ2v) is 15.9. The number of rotatable bonds is 33. The molecule has 0 aromatic rings. The van der Waals surface area contributed by atoms with E-state index in [1.54, 1.807) is 0 Å². The van der Waals surface area contributed by atoms with Crippen molar-refractivity contribution in [3.05, 3.63) is 60.8 Å². The Morgan fingerprint density at radius 2 is 1.00 bits per heavy atom. The number of phosphoric ester groups is 1. The summed E-state index contributed by atoms with van der Waals surface area (Å²) < 4.78 is 33.3. The highest BCUT2D eigenvalue weighted by atomic mass is 31.2. The third-order valence-corrected chi connectivity index (χ3v) is 10.4. The van der Waals surface area contributed by atoms with Crippen molar-refractivity contribution in [1.82, 2.24) is 0 Å². The van der Waals surface area contributed by atoms with E-state index in [0.29, 0.717) is 19.3 Å². The Hall–Kier alpha value is -2.45. The SMILES string of the molecule is CC/C=C/C/C=C/C/C=C/C/C=C/C/C=C/CCCC(=O)O[C@H](COC(=O)CCCCCCCCCCCCC)COP(=O)(O)OC1C(O)C(O)C(O)[C@@H](O)C1O. The van der Waals surface area contributed by atoms with Crippen molar-refractivity contribution < 1.29 is 63.1 Å². The van der Waals surface area contributed by atoms with Crippen molar-refractivity contribution in [2.24, 2.45) is 0 Å². The van der Waals surface area contributed by atoms with Crippen molar-refractivity contribution in [1.29, 1.82) is 0 Å². The highest BCUT2D eigenvalue weighted by Gasteiger charge is 2.51. The maximum atomic E-state index is 12.8. The molecule has 13 nitrogen and oxygen atoms in total. The molecule has 0 aromatic heterocycles. The molecule has 0 spiro atoms. The number of phosphoric acid groups is 1. The average molecular weight is 829 g/mol. The lowest BCUT2D eigenvalue weighted by atomic mass is 9.85. The predicted molar refractivity (Wildman–Crippen MR) is 221 cm³/mol. The molecule has 0 aliphatic heterocycles. The number of ether oxygens (including phenoxy) is 2. The van der Waals surface area contributed by atoms with E-state index in [9.17, 15) is 44.6 Å². The van der Waals surface area contributed by atoms with Gasteiger partial charge in [0.1, 0.15) is 43.2 Å². The fraction of sp³-hybridized carbons (Fsp3) is 0.721. The van der Waals surface area contributed by atoms with E-state index >= 15 is 0 Å². The number of hydrogen-bond donors (Lipinski definition) is 6. The van der Waals surface area contributed by atoms with Crippen LogP contribution < -0.4 is 0 Å². The maximum absolute atomic E-state index is 12.8. The minimum absolute atomic E-state index is 0.0172. The molecule has 0 aromatic carbocycles. The Labute approximate surface area is 341 Å². The van der Waals surface area contributed by atoms with Crippen LogP contribution in [0.25, 0.3) is 0 Å². The minimum Gasteiger partial charge on any atom is -0.462 e. The summed E-state index contributed by atoms with van der Waals surface area (Å²) in [7, 11) is -5.13. The summed E-state index contributed by atoms with van der Waals surface area (Å²) in [6, 6.07) is 0. The number of esters is 2. The van der Waals surface area contributed by atoms with E-state index < -0.39 is 75.7 Å². The van der Waals surface area contributed by atoms with E-state index in [1.807, 2.05) is 12.2 Å². The summed E-state index contributed by atoms with van der Waals surface area (Å²) >= 11 is 0. The molecule has 0 amide bonds. The Kier molecular flexibility index (Phi) is 30.8. The van der Waals surface area contributed by atoms with Crippen LogP contribution in [0.5, 0.6) is 0 Å². The van der Waals surface area contributed by atoms with Crippen LogP contribution in [0.2, 0.25) is 0 Å². The summed E-state index contributed by atoms with van der Waals surface area (Å²) in [5.74, 6) is -1.17. The smallest absolute Gasteiger partial charge is 0.462 e. The van der Waals surface area contributed by atoms with Crippen molar-refractivity contribution in [3.8, 4) is 0 Å². The predicted octanol–water partition coefficient (Wildman–Crippen LogP) is 7.38. The van der Waals surface area contributed by atoms with Gasteiger partial charge < -0.3 is 39.9 Å². The summed E-state index contributed by atoms with van der Waals surface area (Å²) in [5, 5.41) is 50.0. The minimum atomic E-state index is -5.13. The lowest BCUT2D eigenvalue weighted by Gasteiger charge is -2.41. The monoisotopic (exact) mass is 828 g/mol. The van der Waals surface area contributed by atoms with E-state index in [2.05, 4.69) is 62.5 Å². The lowest BCUT2D eigenvalue weighted by molar-refractivity contribution is -0.220. The molecule has 14 heteroatoms. The number of unbranched alkanes of at least 4 members (excludes halogenated alkanes) is 11. The molecule has 1 rings (SSSR count). The van der Waals surface area contributed by atoms with E-state index in [0.717, 1.165) is 51.4 Å². The Balaban J connectivity index is 2.56. The van der Waals surface area contributed by atoms with Gasteiger partial charge in [-0.25, -0.2) is 4.57 Å². The number of allylic oxidation sites excluding steroid dienone is 10. The molecule has 0 bridgehead atoms. The van der Waals surface area contributed by atoms with Crippen LogP contribution in [0.1, 0.15) is 142 Å². The second-order valence-electron chi connectivity index (χ2n) is 14.5. The summed E-state index contributed by atoms with van der Waals surface area (Å²) in [5.41, 5.74) is 0. The number of aliphatic hydroxyl groups is 5. The van der Waals surface area contributed by atoms with Crippen molar-refractivity contribution in [3.63, 3.8) is 0 Å². The van der Waals surface area contributed by atoms with Gasteiger partial charge in [-0.05, 0) is 51.4 Å². The molecule has 1 aliphatic rings. The van der Waals surface area contributed by atoms with Crippen LogP contribution in [0.15, 0.2) is 60.8 Å². The molecule has 57 heavy (non-hydrogen) atoms. The first-order valence-corrected chi connectivity index (χ1v) is 22.6. The molecule has 0 radical (unpaired) electrons. The van der Waals surface area contributed by atoms with Gasteiger partial charge >= 0.3 is 19.8 Å². The first-order chi connectivity index (χ1) is 27.4. The van der Waals surface area contributed by atoms with E-state index in [1.165, 1.54) is 44.9 Å². The fourth-order valence-corrected chi connectivity index (χ4v) is 6.94. The third kappa shape index (κ3) is 26.3. The first kappa shape index (κ1) is 52.6. The molecule has 6 N–H and O–H groups in total. The summed E-state index contributed by atoms with van der Waals surface area (Å²) in [4.78, 5) is 35.5. The largest absolute Gasteiger partial charge is 0.472 e. The summed E-state index contributed by atoms with van der Waals surface area (Å²) in [6.07, 6.45) is 25.8. The zero-order valence-corrected chi connectivity index (χ0v) is 35.3. The fourth-order valence-electron chi connectivity index (χ4n) is 5.97. The standard InChI is InChI=1S/C43H73O13P/c1-3-5-7-9-11-13-15-16-17-18-19-20-22-24-26-28-30-32-37(45)55-35(33-53-36(44)31-29-27-25-23-21-14-12-10-8-6-4-2)34-54-57(51,52)56-43-41(49)39(47)38(46)40(48)42(43)50/h5,7,11,13,16-17,19-20,24,26,35,38-43,46-50H,3-4,6,8-10,12,14-15,18,21-23,25,27-34H2,1-2H3,(H,51,52)/b7-5+,13-11+,17-16+,20-19+,26-24+/t35-,38?,39-,40?,41?,42?,43?/m1/s1. The summed E-state index contributed by atoms with van der Waals surface area (Å²) in [6.45, 7) is 3.10. The van der Waals surface area contributed by atoms with Crippen LogP contribution in [0.4, 0.5) is 0 Å². The lowest BCUT2D eigenvalue weighted by Crippen LogP contribution is -2.64. The quantitative estimate of drug-likeness (QED) is 0.0165. The highest BCUT2D eigenvalue weighted by Crippen LogP contribution is 2.47. The van der Waals surface area contributed by atoms with Crippen molar-refractivity contribution in [2.45, 2.75) is 185 Å². The molecule has 1 aliphatic carbocycles. The van der Waals surface area contributed by atoms with Gasteiger partial charge in [0.25, 0.3) is 0 Å². The normalized spacial score (nSPS) is 23.3. The van der Waals surface area contributed by atoms with E-state index in [4.69, 9.17) is 18.5 Å². The third-order valence-electron chi connectivity index (χ3n) is 9.37. The molecule has 0 heterocycles.